The van der Waals surface area contributed by atoms with E-state index < -0.39 is 0 Å². The van der Waals surface area contributed by atoms with Crippen molar-refractivity contribution in [1.82, 2.24) is 5.32 Å². The average molecular weight is 273 g/mol. The fraction of sp³-hybridized carbons (Fsp3) is 0.684. The van der Waals surface area contributed by atoms with Gasteiger partial charge >= 0.3 is 0 Å². The van der Waals surface area contributed by atoms with Crippen molar-refractivity contribution in [3.63, 3.8) is 0 Å². The summed E-state index contributed by atoms with van der Waals surface area (Å²) in [4.78, 5) is 0. The maximum Gasteiger partial charge on any atom is 0.0349 e. The Hall–Kier alpha value is -0.820. The van der Waals surface area contributed by atoms with E-state index in [1.54, 1.807) is 0 Å². The molecule has 1 aromatic carbocycles. The Bertz CT molecular complexity index is 443. The Morgan fingerprint density at radius 2 is 1.60 bits per heavy atom. The summed E-state index contributed by atoms with van der Waals surface area (Å²) in [5.74, 6) is 2.86. The molecule has 2 rings (SSSR count). The van der Waals surface area contributed by atoms with Crippen LogP contribution in [0.2, 0.25) is 0 Å². The van der Waals surface area contributed by atoms with Crippen LogP contribution in [-0.4, -0.2) is 7.05 Å². The van der Waals surface area contributed by atoms with Crippen LogP contribution in [0.1, 0.15) is 82.0 Å². The van der Waals surface area contributed by atoms with Crippen LogP contribution < -0.4 is 5.32 Å². The van der Waals surface area contributed by atoms with Gasteiger partial charge in [0.25, 0.3) is 0 Å². The molecule has 0 bridgehead atoms. The fourth-order valence-corrected chi connectivity index (χ4v) is 3.33. The SMILES string of the molecule is CNC(c1ccc(C(C)C)cc1C(C)C)C(C)C1CC1. The zero-order chi connectivity index (χ0) is 14.9. The summed E-state index contributed by atoms with van der Waals surface area (Å²) < 4.78 is 0. The lowest BCUT2D eigenvalue weighted by molar-refractivity contribution is 0.366. The third kappa shape index (κ3) is 3.25. The highest BCUT2D eigenvalue weighted by atomic mass is 14.9. The van der Waals surface area contributed by atoms with E-state index in [0.717, 1.165) is 11.8 Å². The fourth-order valence-electron chi connectivity index (χ4n) is 3.33. The molecular weight excluding hydrogens is 242 g/mol. The lowest BCUT2D eigenvalue weighted by atomic mass is 9.83. The minimum atomic E-state index is 0.501. The summed E-state index contributed by atoms with van der Waals surface area (Å²) >= 11 is 0. The quantitative estimate of drug-likeness (QED) is 0.747. The molecule has 20 heavy (non-hydrogen) atoms. The molecule has 1 saturated carbocycles. The zero-order valence-electron chi connectivity index (χ0n) is 14.0. The van der Waals surface area contributed by atoms with Crippen molar-refractivity contribution in [3.05, 3.63) is 34.9 Å². The standard InChI is InChI=1S/C19H31N/c1-12(2)16-9-10-17(18(11-16)13(3)4)19(20-6)14(5)15-7-8-15/h9-15,19-20H,7-8H2,1-6H3. The molecule has 0 aromatic heterocycles. The molecule has 2 unspecified atom stereocenters. The third-order valence-electron chi connectivity index (χ3n) is 4.94. The molecule has 1 aliphatic carbocycles. The van der Waals surface area contributed by atoms with E-state index in [0.29, 0.717) is 17.9 Å². The van der Waals surface area contributed by atoms with Crippen molar-refractivity contribution < 1.29 is 0 Å². The van der Waals surface area contributed by atoms with Gasteiger partial charge in [0.2, 0.25) is 0 Å². The summed E-state index contributed by atoms with van der Waals surface area (Å²) in [6.45, 7) is 11.6. The Morgan fingerprint density at radius 3 is 2.05 bits per heavy atom. The van der Waals surface area contributed by atoms with E-state index in [-0.39, 0.29) is 0 Å². The molecule has 1 fully saturated rings. The Labute approximate surface area is 125 Å². The van der Waals surface area contributed by atoms with Crippen LogP contribution >= 0.6 is 0 Å². The molecule has 1 aromatic rings. The zero-order valence-corrected chi connectivity index (χ0v) is 14.0. The van der Waals surface area contributed by atoms with Gasteiger partial charge in [-0.05, 0) is 60.3 Å². The molecule has 1 nitrogen and oxygen atoms in total. The second-order valence-corrected chi connectivity index (χ2v) is 7.16. The number of hydrogen-bond donors (Lipinski definition) is 1. The Morgan fingerprint density at radius 1 is 0.950 bits per heavy atom. The minimum Gasteiger partial charge on any atom is -0.313 e. The van der Waals surface area contributed by atoms with Gasteiger partial charge < -0.3 is 5.32 Å². The lowest BCUT2D eigenvalue weighted by Crippen LogP contribution is -2.26. The lowest BCUT2D eigenvalue weighted by Gasteiger charge is -2.28. The van der Waals surface area contributed by atoms with Gasteiger partial charge in [0, 0.05) is 6.04 Å². The van der Waals surface area contributed by atoms with Crippen LogP contribution in [0.5, 0.6) is 0 Å². The molecule has 0 saturated heterocycles. The summed E-state index contributed by atoms with van der Waals surface area (Å²) in [7, 11) is 2.12. The summed E-state index contributed by atoms with van der Waals surface area (Å²) in [6, 6.07) is 7.65. The van der Waals surface area contributed by atoms with Gasteiger partial charge in [-0.2, -0.15) is 0 Å². The minimum absolute atomic E-state index is 0.501. The van der Waals surface area contributed by atoms with Gasteiger partial charge in [0.1, 0.15) is 0 Å². The largest absolute Gasteiger partial charge is 0.313 e. The number of hydrogen-bond acceptors (Lipinski definition) is 1. The van der Waals surface area contributed by atoms with Crippen molar-refractivity contribution in [2.24, 2.45) is 11.8 Å². The summed E-state index contributed by atoms with van der Waals surface area (Å²) in [5, 5.41) is 3.58. The second-order valence-electron chi connectivity index (χ2n) is 7.16. The van der Waals surface area contributed by atoms with E-state index >= 15 is 0 Å². The Balaban J connectivity index is 2.37. The van der Waals surface area contributed by atoms with Gasteiger partial charge in [-0.25, -0.2) is 0 Å². The molecule has 112 valence electrons. The highest BCUT2D eigenvalue weighted by Crippen LogP contribution is 2.44. The molecule has 1 aliphatic rings. The van der Waals surface area contributed by atoms with E-state index in [4.69, 9.17) is 0 Å². The van der Waals surface area contributed by atoms with Crippen molar-refractivity contribution in [3.8, 4) is 0 Å². The molecular formula is C19H31N. The molecule has 1 N–H and O–H groups in total. The highest BCUT2D eigenvalue weighted by molar-refractivity contribution is 5.38. The average Bonchev–Trinajstić information content (AvgIpc) is 3.23. The smallest absolute Gasteiger partial charge is 0.0349 e. The van der Waals surface area contributed by atoms with Crippen LogP contribution in [-0.2, 0) is 0 Å². The number of benzene rings is 1. The predicted molar refractivity (Wildman–Crippen MR) is 88.3 cm³/mol. The van der Waals surface area contributed by atoms with Gasteiger partial charge in [0.05, 0.1) is 0 Å². The van der Waals surface area contributed by atoms with Crippen molar-refractivity contribution in [2.45, 2.75) is 65.3 Å². The van der Waals surface area contributed by atoms with E-state index in [2.05, 4.69) is 65.2 Å². The molecule has 2 atom stereocenters. The first-order valence-corrected chi connectivity index (χ1v) is 8.26. The maximum absolute atomic E-state index is 3.58. The summed E-state index contributed by atoms with van der Waals surface area (Å²) in [5.41, 5.74) is 4.51. The normalized spacial score (nSPS) is 18.6. The topological polar surface area (TPSA) is 12.0 Å². The molecule has 0 amide bonds. The first kappa shape index (κ1) is 15.6. The predicted octanol–water partition coefficient (Wildman–Crippen LogP) is 5.24. The second kappa shape index (κ2) is 6.30. The van der Waals surface area contributed by atoms with Crippen LogP contribution in [0.15, 0.2) is 18.2 Å². The Kier molecular flexibility index (Phi) is 4.90. The maximum atomic E-state index is 3.58. The molecule has 0 radical (unpaired) electrons. The van der Waals surface area contributed by atoms with E-state index in [1.165, 1.54) is 29.5 Å². The van der Waals surface area contributed by atoms with Crippen LogP contribution in [0.3, 0.4) is 0 Å². The van der Waals surface area contributed by atoms with E-state index in [1.807, 2.05) is 0 Å². The van der Waals surface area contributed by atoms with Crippen molar-refractivity contribution >= 4 is 0 Å². The summed E-state index contributed by atoms with van der Waals surface area (Å²) in [6.07, 6.45) is 2.83. The number of rotatable bonds is 6. The number of nitrogens with one attached hydrogen (secondary N) is 1. The molecule has 0 aliphatic heterocycles. The highest BCUT2D eigenvalue weighted by Gasteiger charge is 2.34. The third-order valence-corrected chi connectivity index (χ3v) is 4.94. The van der Waals surface area contributed by atoms with E-state index in [9.17, 15) is 0 Å². The van der Waals surface area contributed by atoms with Crippen LogP contribution in [0.25, 0.3) is 0 Å². The van der Waals surface area contributed by atoms with Crippen LogP contribution in [0, 0.1) is 11.8 Å². The van der Waals surface area contributed by atoms with Gasteiger partial charge in [0.15, 0.2) is 0 Å². The molecule has 0 spiro atoms. The monoisotopic (exact) mass is 273 g/mol. The van der Waals surface area contributed by atoms with Crippen molar-refractivity contribution in [1.29, 1.82) is 0 Å². The first-order valence-electron chi connectivity index (χ1n) is 8.26. The van der Waals surface area contributed by atoms with Crippen molar-refractivity contribution in [2.75, 3.05) is 7.05 Å². The van der Waals surface area contributed by atoms with Crippen LogP contribution in [0.4, 0.5) is 0 Å². The molecule has 0 heterocycles. The molecule has 1 heteroatoms. The van der Waals surface area contributed by atoms with Gasteiger partial charge in [-0.1, -0.05) is 52.8 Å². The first-order chi connectivity index (χ1) is 9.45. The van der Waals surface area contributed by atoms with Gasteiger partial charge in [-0.15, -0.1) is 0 Å². The van der Waals surface area contributed by atoms with Gasteiger partial charge in [-0.3, -0.25) is 0 Å².